The molecule has 2 aromatic heterocycles. The first kappa shape index (κ1) is 14.2. The molecule has 0 spiro atoms. The van der Waals surface area contributed by atoms with Crippen LogP contribution in [0.1, 0.15) is 5.56 Å². The fourth-order valence-electron chi connectivity index (χ4n) is 2.21. The summed E-state index contributed by atoms with van der Waals surface area (Å²) in [6, 6.07) is 8.66. The first-order chi connectivity index (χ1) is 10.1. The maximum Gasteiger partial charge on any atom is 0.169 e. The fraction of sp³-hybridized carbons (Fsp3) is 0.250. The highest BCUT2D eigenvalue weighted by molar-refractivity contribution is 9.10. The summed E-state index contributed by atoms with van der Waals surface area (Å²) in [5.41, 5.74) is 4.41. The van der Waals surface area contributed by atoms with Crippen LogP contribution in [0.4, 0.5) is 0 Å². The van der Waals surface area contributed by atoms with Crippen molar-refractivity contribution in [1.29, 1.82) is 0 Å². The second kappa shape index (κ2) is 5.95. The molecule has 4 nitrogen and oxygen atoms in total. The van der Waals surface area contributed by atoms with Crippen LogP contribution in [0.2, 0.25) is 0 Å². The molecule has 0 unspecified atom stereocenters. The summed E-state index contributed by atoms with van der Waals surface area (Å²) in [5, 5.41) is 4.27. The van der Waals surface area contributed by atoms with E-state index in [1.54, 1.807) is 10.7 Å². The zero-order valence-corrected chi connectivity index (χ0v) is 13.7. The Morgan fingerprint density at radius 2 is 1.86 bits per heavy atom. The molecule has 21 heavy (non-hydrogen) atoms. The molecule has 0 amide bonds. The van der Waals surface area contributed by atoms with Crippen LogP contribution in [-0.4, -0.2) is 40.1 Å². The van der Waals surface area contributed by atoms with Crippen molar-refractivity contribution in [2.24, 2.45) is 0 Å². The normalized spacial score (nSPS) is 11.4. The van der Waals surface area contributed by atoms with Gasteiger partial charge in [0.05, 0.1) is 10.7 Å². The van der Waals surface area contributed by atoms with E-state index in [0.29, 0.717) is 0 Å². The number of aromatic nitrogens is 3. The lowest BCUT2D eigenvalue weighted by molar-refractivity contribution is 0.413. The predicted molar refractivity (Wildman–Crippen MR) is 88.4 cm³/mol. The molecule has 0 saturated heterocycles. The predicted octanol–water partition coefficient (Wildman–Crippen LogP) is 3.26. The Kier molecular flexibility index (Phi) is 4.03. The average Bonchev–Trinajstić information content (AvgIpc) is 2.86. The van der Waals surface area contributed by atoms with Gasteiger partial charge in [0.2, 0.25) is 0 Å². The molecule has 5 heteroatoms. The molecule has 1 aromatic carbocycles. The van der Waals surface area contributed by atoms with E-state index in [1.165, 1.54) is 5.56 Å². The Hall–Kier alpha value is -1.72. The zero-order chi connectivity index (χ0) is 14.8. The van der Waals surface area contributed by atoms with E-state index in [-0.39, 0.29) is 0 Å². The number of nitrogens with zero attached hydrogens (tertiary/aromatic N) is 4. The third kappa shape index (κ3) is 3.14. The topological polar surface area (TPSA) is 33.4 Å². The van der Waals surface area contributed by atoms with Gasteiger partial charge in [-0.3, -0.25) is 0 Å². The molecule has 0 N–H and O–H groups in total. The van der Waals surface area contributed by atoms with Gasteiger partial charge in [0.25, 0.3) is 0 Å². The summed E-state index contributed by atoms with van der Waals surface area (Å²) in [4.78, 5) is 6.64. The summed E-state index contributed by atoms with van der Waals surface area (Å²) in [6.07, 6.45) is 6.71. The second-order valence-electron chi connectivity index (χ2n) is 5.35. The van der Waals surface area contributed by atoms with Gasteiger partial charge in [0.1, 0.15) is 0 Å². The van der Waals surface area contributed by atoms with Gasteiger partial charge in [-0.25, -0.2) is 9.50 Å². The molecule has 108 valence electrons. The average molecular weight is 345 g/mol. The summed E-state index contributed by atoms with van der Waals surface area (Å²) in [6.45, 7) is 1.06. The van der Waals surface area contributed by atoms with E-state index in [2.05, 4.69) is 69.3 Å². The molecule has 0 aliphatic heterocycles. The number of fused-ring (bicyclic) bond motifs is 1. The number of benzene rings is 1. The monoisotopic (exact) mass is 344 g/mol. The minimum Gasteiger partial charge on any atom is -0.309 e. The van der Waals surface area contributed by atoms with E-state index in [0.717, 1.165) is 34.2 Å². The van der Waals surface area contributed by atoms with Gasteiger partial charge in [-0.1, -0.05) is 24.3 Å². The van der Waals surface area contributed by atoms with Crippen molar-refractivity contribution in [1.82, 2.24) is 19.5 Å². The van der Waals surface area contributed by atoms with E-state index in [4.69, 9.17) is 0 Å². The van der Waals surface area contributed by atoms with Gasteiger partial charge in [0, 0.05) is 24.5 Å². The van der Waals surface area contributed by atoms with Crippen LogP contribution < -0.4 is 0 Å². The third-order valence-electron chi connectivity index (χ3n) is 3.45. The molecule has 0 aliphatic carbocycles. The highest BCUT2D eigenvalue weighted by Gasteiger charge is 2.05. The van der Waals surface area contributed by atoms with E-state index in [9.17, 15) is 0 Å². The van der Waals surface area contributed by atoms with Crippen molar-refractivity contribution in [3.05, 3.63) is 52.9 Å². The highest BCUT2D eigenvalue weighted by Crippen LogP contribution is 2.22. The molecule has 0 bridgehead atoms. The first-order valence-electron chi connectivity index (χ1n) is 6.86. The lowest BCUT2D eigenvalue weighted by atomic mass is 10.1. The zero-order valence-electron chi connectivity index (χ0n) is 12.1. The molecular weight excluding hydrogens is 328 g/mol. The van der Waals surface area contributed by atoms with Crippen molar-refractivity contribution in [2.45, 2.75) is 6.42 Å². The lowest BCUT2D eigenvalue weighted by Crippen LogP contribution is -2.14. The van der Waals surface area contributed by atoms with Crippen molar-refractivity contribution in [2.75, 3.05) is 20.6 Å². The maximum atomic E-state index is 4.45. The number of halogens is 1. The number of likely N-dealkylation sites (N-methyl/N-ethyl adjacent to an activating group) is 1. The number of hydrogen-bond acceptors (Lipinski definition) is 3. The third-order valence-corrected chi connectivity index (χ3v) is 4.01. The largest absolute Gasteiger partial charge is 0.309 e. The lowest BCUT2D eigenvalue weighted by Gasteiger charge is -2.09. The molecule has 0 atom stereocenters. The first-order valence-corrected chi connectivity index (χ1v) is 7.66. The Balaban J connectivity index is 1.84. The van der Waals surface area contributed by atoms with E-state index in [1.807, 2.05) is 12.4 Å². The van der Waals surface area contributed by atoms with Crippen LogP contribution in [0.25, 0.3) is 16.8 Å². The summed E-state index contributed by atoms with van der Waals surface area (Å²) in [5.74, 6) is 0. The van der Waals surface area contributed by atoms with Crippen molar-refractivity contribution < 1.29 is 0 Å². The quantitative estimate of drug-likeness (QED) is 0.728. The van der Waals surface area contributed by atoms with Crippen molar-refractivity contribution in [3.63, 3.8) is 0 Å². The summed E-state index contributed by atoms with van der Waals surface area (Å²) >= 11 is 3.44. The van der Waals surface area contributed by atoms with E-state index >= 15 is 0 Å². The van der Waals surface area contributed by atoms with E-state index < -0.39 is 0 Å². The minimum atomic E-state index is 0.835. The van der Waals surface area contributed by atoms with Crippen LogP contribution in [0, 0.1) is 0 Å². The number of rotatable bonds is 4. The van der Waals surface area contributed by atoms with Crippen LogP contribution in [0.3, 0.4) is 0 Å². The van der Waals surface area contributed by atoms with Gasteiger partial charge in [0.15, 0.2) is 5.65 Å². The van der Waals surface area contributed by atoms with Gasteiger partial charge in [-0.2, -0.15) is 5.10 Å². The standard InChI is InChI=1S/C16H17BrN4/c1-20(2)8-7-12-3-5-13(6-4-12)14-9-18-16-15(17)10-19-21(16)11-14/h3-6,9-11H,7-8H2,1-2H3. The Morgan fingerprint density at radius 3 is 2.57 bits per heavy atom. The second-order valence-corrected chi connectivity index (χ2v) is 6.21. The van der Waals surface area contributed by atoms with Crippen LogP contribution in [-0.2, 0) is 6.42 Å². The highest BCUT2D eigenvalue weighted by atomic mass is 79.9. The summed E-state index contributed by atoms with van der Waals surface area (Å²) < 4.78 is 2.70. The SMILES string of the molecule is CN(C)CCc1ccc(-c2cnc3c(Br)cnn3c2)cc1. The van der Waals surface area contributed by atoms with Crippen molar-refractivity contribution in [3.8, 4) is 11.1 Å². The summed E-state index contributed by atoms with van der Waals surface area (Å²) in [7, 11) is 4.19. The molecule has 3 aromatic rings. The van der Waals surface area contributed by atoms with Crippen LogP contribution in [0.5, 0.6) is 0 Å². The molecule has 0 saturated carbocycles. The molecular formula is C16H17BrN4. The number of hydrogen-bond donors (Lipinski definition) is 0. The minimum absolute atomic E-state index is 0.835. The Morgan fingerprint density at radius 1 is 1.10 bits per heavy atom. The Bertz CT molecular complexity index is 747. The molecule has 2 heterocycles. The van der Waals surface area contributed by atoms with Crippen LogP contribution in [0.15, 0.2) is 47.3 Å². The Labute approximate surface area is 132 Å². The molecule has 0 aliphatic rings. The van der Waals surface area contributed by atoms with Gasteiger partial charge in [-0.15, -0.1) is 0 Å². The van der Waals surface area contributed by atoms with Crippen LogP contribution >= 0.6 is 15.9 Å². The maximum absolute atomic E-state index is 4.45. The molecule has 3 rings (SSSR count). The molecule has 0 fully saturated rings. The molecule has 0 radical (unpaired) electrons. The van der Waals surface area contributed by atoms with Gasteiger partial charge >= 0.3 is 0 Å². The fourth-order valence-corrected chi connectivity index (χ4v) is 2.59. The van der Waals surface area contributed by atoms with Crippen molar-refractivity contribution >= 4 is 21.6 Å². The van der Waals surface area contributed by atoms with Gasteiger partial charge < -0.3 is 4.90 Å². The van der Waals surface area contributed by atoms with Gasteiger partial charge in [-0.05, 0) is 47.6 Å². The smallest absolute Gasteiger partial charge is 0.169 e.